The summed E-state index contributed by atoms with van der Waals surface area (Å²) in [6, 6.07) is 0.424. The Morgan fingerprint density at radius 3 is 2.93 bits per heavy atom. The van der Waals surface area contributed by atoms with Gasteiger partial charge in [0.1, 0.15) is 0 Å². The first-order valence-electron chi connectivity index (χ1n) is 5.44. The molecule has 1 rings (SSSR count). The summed E-state index contributed by atoms with van der Waals surface area (Å²) < 4.78 is 0. The number of likely N-dealkylation sites (tertiary alicyclic amines) is 1. The standard InChI is InChI=1S/C12H19NO/c1-4-7-12(14)13-9-6-8-11(13)10(3)5-2/h10-11H,5-6,8-9H2,1-3H3/t10?,11-/m0/s1. The van der Waals surface area contributed by atoms with Crippen LogP contribution in [-0.4, -0.2) is 23.4 Å². The van der Waals surface area contributed by atoms with Gasteiger partial charge in [-0.2, -0.15) is 0 Å². The monoisotopic (exact) mass is 193 g/mol. The average Bonchev–Trinajstić information content (AvgIpc) is 2.65. The van der Waals surface area contributed by atoms with E-state index < -0.39 is 0 Å². The fraction of sp³-hybridized carbons (Fsp3) is 0.750. The minimum absolute atomic E-state index is 0.00954. The topological polar surface area (TPSA) is 20.3 Å². The lowest BCUT2D eigenvalue weighted by molar-refractivity contribution is -0.126. The highest BCUT2D eigenvalue weighted by Gasteiger charge is 2.30. The maximum atomic E-state index is 11.6. The highest BCUT2D eigenvalue weighted by atomic mass is 16.2. The van der Waals surface area contributed by atoms with Gasteiger partial charge in [0.05, 0.1) is 0 Å². The van der Waals surface area contributed by atoms with Gasteiger partial charge in [0.15, 0.2) is 0 Å². The molecule has 1 saturated heterocycles. The molecule has 1 amide bonds. The third kappa shape index (κ3) is 2.29. The number of hydrogen-bond donors (Lipinski definition) is 0. The van der Waals surface area contributed by atoms with Crippen molar-refractivity contribution in [3.8, 4) is 11.8 Å². The number of carbonyl (C=O) groups excluding carboxylic acids is 1. The molecule has 78 valence electrons. The molecule has 0 bridgehead atoms. The zero-order chi connectivity index (χ0) is 10.6. The van der Waals surface area contributed by atoms with E-state index in [1.54, 1.807) is 6.92 Å². The molecule has 1 heterocycles. The third-order valence-electron chi connectivity index (χ3n) is 3.09. The van der Waals surface area contributed by atoms with Crippen LogP contribution in [0, 0.1) is 17.8 Å². The Kier molecular flexibility index (Phi) is 4.00. The first kappa shape index (κ1) is 11.1. The first-order chi connectivity index (χ1) is 6.70. The summed E-state index contributed by atoms with van der Waals surface area (Å²) in [6.45, 7) is 7.00. The van der Waals surface area contributed by atoms with E-state index in [-0.39, 0.29) is 5.91 Å². The van der Waals surface area contributed by atoms with Crippen LogP contribution in [0.1, 0.15) is 40.0 Å². The molecule has 0 saturated carbocycles. The van der Waals surface area contributed by atoms with E-state index in [1.165, 1.54) is 0 Å². The Balaban J connectivity index is 2.66. The Hall–Kier alpha value is -0.970. The van der Waals surface area contributed by atoms with E-state index in [1.807, 2.05) is 4.90 Å². The van der Waals surface area contributed by atoms with Crippen LogP contribution in [0.3, 0.4) is 0 Å². The van der Waals surface area contributed by atoms with E-state index in [9.17, 15) is 4.79 Å². The molecule has 0 aliphatic carbocycles. The minimum atomic E-state index is 0.00954. The zero-order valence-electron chi connectivity index (χ0n) is 9.34. The predicted molar refractivity (Wildman–Crippen MR) is 57.6 cm³/mol. The lowest BCUT2D eigenvalue weighted by Gasteiger charge is -2.27. The molecule has 1 aliphatic heterocycles. The maximum absolute atomic E-state index is 11.6. The molecule has 14 heavy (non-hydrogen) atoms. The smallest absolute Gasteiger partial charge is 0.298 e. The van der Waals surface area contributed by atoms with Crippen molar-refractivity contribution in [3.05, 3.63) is 0 Å². The summed E-state index contributed by atoms with van der Waals surface area (Å²) >= 11 is 0. The molecule has 2 heteroatoms. The lowest BCUT2D eigenvalue weighted by Crippen LogP contribution is -2.38. The fourth-order valence-electron chi connectivity index (χ4n) is 2.09. The second-order valence-corrected chi connectivity index (χ2v) is 3.97. The zero-order valence-corrected chi connectivity index (χ0v) is 9.34. The van der Waals surface area contributed by atoms with Gasteiger partial charge < -0.3 is 4.90 Å². The van der Waals surface area contributed by atoms with Crippen LogP contribution >= 0.6 is 0 Å². The van der Waals surface area contributed by atoms with E-state index in [0.717, 1.165) is 25.8 Å². The lowest BCUT2D eigenvalue weighted by atomic mass is 9.97. The van der Waals surface area contributed by atoms with Crippen LogP contribution in [0.4, 0.5) is 0 Å². The Morgan fingerprint density at radius 1 is 1.64 bits per heavy atom. The maximum Gasteiger partial charge on any atom is 0.298 e. The van der Waals surface area contributed by atoms with Crippen LogP contribution < -0.4 is 0 Å². The molecule has 0 aromatic rings. The molecule has 0 radical (unpaired) electrons. The van der Waals surface area contributed by atoms with E-state index in [4.69, 9.17) is 0 Å². The third-order valence-corrected chi connectivity index (χ3v) is 3.09. The van der Waals surface area contributed by atoms with Gasteiger partial charge in [0, 0.05) is 12.6 Å². The van der Waals surface area contributed by atoms with Crippen molar-refractivity contribution in [2.75, 3.05) is 6.54 Å². The highest BCUT2D eigenvalue weighted by Crippen LogP contribution is 2.25. The molecule has 2 atom stereocenters. The number of carbonyl (C=O) groups is 1. The van der Waals surface area contributed by atoms with Gasteiger partial charge in [0.2, 0.25) is 0 Å². The van der Waals surface area contributed by atoms with Crippen molar-refractivity contribution in [2.45, 2.75) is 46.1 Å². The van der Waals surface area contributed by atoms with Crippen LogP contribution in [-0.2, 0) is 4.79 Å². The van der Waals surface area contributed by atoms with Gasteiger partial charge >= 0.3 is 0 Å². The number of amides is 1. The normalized spacial score (nSPS) is 22.8. The molecule has 1 unspecified atom stereocenters. The number of hydrogen-bond acceptors (Lipinski definition) is 1. The van der Waals surface area contributed by atoms with Gasteiger partial charge in [0.25, 0.3) is 5.91 Å². The SMILES string of the molecule is CC#CC(=O)N1CCC[C@H]1C(C)CC. The quantitative estimate of drug-likeness (QED) is 0.615. The van der Waals surface area contributed by atoms with Gasteiger partial charge in [-0.05, 0) is 31.6 Å². The van der Waals surface area contributed by atoms with Crippen molar-refractivity contribution >= 4 is 5.91 Å². The van der Waals surface area contributed by atoms with Gasteiger partial charge in [-0.15, -0.1) is 0 Å². The van der Waals surface area contributed by atoms with Crippen LogP contribution in [0.5, 0.6) is 0 Å². The average molecular weight is 193 g/mol. The second kappa shape index (κ2) is 5.05. The molecule has 0 aromatic carbocycles. The summed E-state index contributed by atoms with van der Waals surface area (Å²) in [5.74, 6) is 5.92. The number of rotatable bonds is 2. The van der Waals surface area contributed by atoms with Crippen molar-refractivity contribution in [2.24, 2.45) is 5.92 Å². The van der Waals surface area contributed by atoms with Crippen molar-refractivity contribution in [1.29, 1.82) is 0 Å². The summed E-state index contributed by atoms with van der Waals surface area (Å²) in [4.78, 5) is 13.6. The summed E-state index contributed by atoms with van der Waals surface area (Å²) in [7, 11) is 0. The largest absolute Gasteiger partial charge is 0.329 e. The molecular weight excluding hydrogens is 174 g/mol. The Bertz CT molecular complexity index is 261. The molecular formula is C12H19NO. The minimum Gasteiger partial charge on any atom is -0.329 e. The molecule has 1 fully saturated rings. The highest BCUT2D eigenvalue weighted by molar-refractivity contribution is 5.93. The van der Waals surface area contributed by atoms with E-state index in [2.05, 4.69) is 25.7 Å². The van der Waals surface area contributed by atoms with Crippen LogP contribution in [0.25, 0.3) is 0 Å². The molecule has 2 nitrogen and oxygen atoms in total. The Morgan fingerprint density at radius 2 is 2.36 bits per heavy atom. The summed E-state index contributed by atoms with van der Waals surface area (Å²) in [5.41, 5.74) is 0. The van der Waals surface area contributed by atoms with Crippen molar-refractivity contribution in [1.82, 2.24) is 4.90 Å². The van der Waals surface area contributed by atoms with E-state index in [0.29, 0.717) is 12.0 Å². The second-order valence-electron chi connectivity index (χ2n) is 3.97. The molecule has 0 aromatic heterocycles. The van der Waals surface area contributed by atoms with E-state index >= 15 is 0 Å². The summed E-state index contributed by atoms with van der Waals surface area (Å²) in [6.07, 6.45) is 3.41. The van der Waals surface area contributed by atoms with Crippen molar-refractivity contribution < 1.29 is 4.79 Å². The Labute approximate surface area is 86.7 Å². The van der Waals surface area contributed by atoms with Crippen molar-refractivity contribution in [3.63, 3.8) is 0 Å². The van der Waals surface area contributed by atoms with Crippen LogP contribution in [0.2, 0.25) is 0 Å². The van der Waals surface area contributed by atoms with Gasteiger partial charge in [-0.1, -0.05) is 26.2 Å². The number of nitrogens with zero attached hydrogens (tertiary/aromatic N) is 1. The molecule has 1 aliphatic rings. The molecule has 0 N–H and O–H groups in total. The van der Waals surface area contributed by atoms with Gasteiger partial charge in [-0.25, -0.2) is 0 Å². The molecule has 0 spiro atoms. The van der Waals surface area contributed by atoms with Crippen LogP contribution in [0.15, 0.2) is 0 Å². The predicted octanol–water partition coefficient (Wildman–Crippen LogP) is 2.05. The fourth-order valence-corrected chi connectivity index (χ4v) is 2.09. The van der Waals surface area contributed by atoms with Gasteiger partial charge in [-0.3, -0.25) is 4.79 Å². The first-order valence-corrected chi connectivity index (χ1v) is 5.44. The summed E-state index contributed by atoms with van der Waals surface area (Å²) in [5, 5.41) is 0.